The molecule has 3 N–H and O–H groups in total. The lowest BCUT2D eigenvalue weighted by Gasteiger charge is -2.18. The second kappa shape index (κ2) is 8.71. The first-order chi connectivity index (χ1) is 8.93. The zero-order valence-electron chi connectivity index (χ0n) is 11.3. The summed E-state index contributed by atoms with van der Waals surface area (Å²) in [5.74, 6) is -0.311. The molecule has 0 bridgehead atoms. The molecule has 20 heavy (non-hydrogen) atoms. The molecule has 1 aromatic rings. The first-order valence-electron chi connectivity index (χ1n) is 6.05. The fourth-order valence-corrected chi connectivity index (χ4v) is 1.49. The molecule has 0 fully saturated rings. The summed E-state index contributed by atoms with van der Waals surface area (Å²) in [6, 6.07) is 5.18. The zero-order chi connectivity index (χ0) is 14.4. The molecule has 1 amide bonds. The first-order valence-corrected chi connectivity index (χ1v) is 6.05. The molecule has 0 spiro atoms. The third-order valence-electron chi connectivity index (χ3n) is 2.89. The summed E-state index contributed by atoms with van der Waals surface area (Å²) in [4.78, 5) is 11.8. The Kier molecular flexibility index (Phi) is 8.10. The number of nitrogens with one attached hydrogen (secondary N) is 1. The van der Waals surface area contributed by atoms with Crippen molar-refractivity contribution >= 4 is 24.0 Å². The summed E-state index contributed by atoms with van der Waals surface area (Å²) in [5, 5.41) is 2.58. The van der Waals surface area contributed by atoms with E-state index in [2.05, 4.69) is 10.1 Å². The van der Waals surface area contributed by atoms with Gasteiger partial charge in [0.15, 0.2) is 0 Å². The van der Waals surface area contributed by atoms with Crippen LogP contribution in [0.1, 0.15) is 20.3 Å². The highest BCUT2D eigenvalue weighted by molar-refractivity contribution is 5.95. The first kappa shape index (κ1) is 18.6. The predicted octanol–water partition coefficient (Wildman–Crippen LogP) is 3.02. The van der Waals surface area contributed by atoms with E-state index in [1.807, 2.05) is 13.8 Å². The molecule has 0 aliphatic heterocycles. The van der Waals surface area contributed by atoms with Crippen LogP contribution in [-0.4, -0.2) is 18.6 Å². The molecule has 2 unspecified atom stereocenters. The van der Waals surface area contributed by atoms with Gasteiger partial charge in [0.25, 0.3) is 0 Å². The monoisotopic (exact) mass is 308 g/mol. The molecule has 0 radical (unpaired) electrons. The van der Waals surface area contributed by atoms with Crippen LogP contribution < -0.4 is 15.8 Å². The molecule has 0 heterocycles. The quantitative estimate of drug-likeness (QED) is 0.849. The van der Waals surface area contributed by atoms with E-state index >= 15 is 0 Å². The van der Waals surface area contributed by atoms with E-state index in [9.17, 15) is 13.6 Å². The van der Waals surface area contributed by atoms with Crippen LogP contribution in [0, 0.1) is 5.92 Å². The Morgan fingerprint density at radius 2 is 2.10 bits per heavy atom. The van der Waals surface area contributed by atoms with Crippen molar-refractivity contribution in [1.82, 2.24) is 0 Å². The summed E-state index contributed by atoms with van der Waals surface area (Å²) in [6.45, 7) is 0.920. The van der Waals surface area contributed by atoms with E-state index in [4.69, 9.17) is 5.73 Å². The number of benzene rings is 1. The number of carbonyl (C=O) groups excluding carboxylic acids is 1. The lowest BCUT2D eigenvalue weighted by atomic mass is 9.99. The van der Waals surface area contributed by atoms with Crippen molar-refractivity contribution in [1.29, 1.82) is 0 Å². The molecule has 114 valence electrons. The van der Waals surface area contributed by atoms with Crippen LogP contribution in [0.2, 0.25) is 0 Å². The number of ether oxygens (including phenoxy) is 1. The fourth-order valence-electron chi connectivity index (χ4n) is 1.49. The van der Waals surface area contributed by atoms with E-state index in [0.29, 0.717) is 5.69 Å². The number of anilines is 1. The van der Waals surface area contributed by atoms with Gasteiger partial charge in [0.2, 0.25) is 5.91 Å². The Morgan fingerprint density at radius 1 is 1.45 bits per heavy atom. The molecule has 1 aromatic carbocycles. The standard InChI is InChI=1S/C13H18F2N2O2.ClH/c1-3-8(2)11(16)12(18)17-9-5-4-6-10(7-9)19-13(14)15;/h4-8,11,13H,3,16H2,1-2H3,(H,17,18);1H. The highest BCUT2D eigenvalue weighted by Gasteiger charge is 2.19. The molecule has 0 aliphatic rings. The van der Waals surface area contributed by atoms with Gasteiger partial charge in [-0.05, 0) is 18.1 Å². The normalized spacial score (nSPS) is 13.3. The molecule has 0 aliphatic carbocycles. The zero-order valence-corrected chi connectivity index (χ0v) is 12.1. The molecule has 2 atom stereocenters. The topological polar surface area (TPSA) is 64.4 Å². The van der Waals surface area contributed by atoms with Gasteiger partial charge in [-0.15, -0.1) is 12.4 Å². The van der Waals surface area contributed by atoms with Gasteiger partial charge >= 0.3 is 6.61 Å². The lowest BCUT2D eigenvalue weighted by Crippen LogP contribution is -2.40. The average molecular weight is 309 g/mol. The van der Waals surface area contributed by atoms with Gasteiger partial charge in [0.1, 0.15) is 5.75 Å². The van der Waals surface area contributed by atoms with Crippen molar-refractivity contribution < 1.29 is 18.3 Å². The van der Waals surface area contributed by atoms with E-state index in [1.54, 1.807) is 6.07 Å². The lowest BCUT2D eigenvalue weighted by molar-refractivity contribution is -0.118. The van der Waals surface area contributed by atoms with Crippen LogP contribution in [0.5, 0.6) is 5.75 Å². The number of amides is 1. The molecule has 7 heteroatoms. The Bertz CT molecular complexity index is 433. The number of rotatable bonds is 6. The van der Waals surface area contributed by atoms with Crippen molar-refractivity contribution in [2.24, 2.45) is 11.7 Å². The van der Waals surface area contributed by atoms with Crippen molar-refractivity contribution in [2.75, 3.05) is 5.32 Å². The van der Waals surface area contributed by atoms with E-state index < -0.39 is 12.7 Å². The predicted molar refractivity (Wildman–Crippen MR) is 76.4 cm³/mol. The minimum Gasteiger partial charge on any atom is -0.435 e. The maximum atomic E-state index is 12.1. The van der Waals surface area contributed by atoms with Gasteiger partial charge < -0.3 is 15.8 Å². The highest BCUT2D eigenvalue weighted by atomic mass is 35.5. The van der Waals surface area contributed by atoms with Crippen LogP contribution in [0.3, 0.4) is 0 Å². The highest BCUT2D eigenvalue weighted by Crippen LogP contribution is 2.19. The van der Waals surface area contributed by atoms with Crippen molar-refractivity contribution in [2.45, 2.75) is 32.9 Å². The van der Waals surface area contributed by atoms with Crippen molar-refractivity contribution in [3.63, 3.8) is 0 Å². The molecule has 4 nitrogen and oxygen atoms in total. The molecular weight excluding hydrogens is 290 g/mol. The molecule has 1 rings (SSSR count). The van der Waals surface area contributed by atoms with Crippen LogP contribution in [0.15, 0.2) is 24.3 Å². The molecule has 0 saturated heterocycles. The van der Waals surface area contributed by atoms with Crippen LogP contribution in [0.4, 0.5) is 14.5 Å². The maximum absolute atomic E-state index is 12.1. The van der Waals surface area contributed by atoms with Gasteiger partial charge in [-0.2, -0.15) is 8.78 Å². The van der Waals surface area contributed by atoms with Crippen LogP contribution in [-0.2, 0) is 4.79 Å². The van der Waals surface area contributed by atoms with Gasteiger partial charge in [-0.1, -0.05) is 26.3 Å². The number of nitrogens with two attached hydrogens (primary N) is 1. The number of hydrogen-bond acceptors (Lipinski definition) is 3. The number of carbonyl (C=O) groups is 1. The summed E-state index contributed by atoms with van der Waals surface area (Å²) in [6.07, 6.45) is 0.781. The van der Waals surface area contributed by atoms with E-state index in [-0.39, 0.29) is 30.0 Å². The van der Waals surface area contributed by atoms with Gasteiger partial charge in [-0.25, -0.2) is 0 Å². The molecule has 0 aromatic heterocycles. The van der Waals surface area contributed by atoms with Crippen molar-refractivity contribution in [3.8, 4) is 5.75 Å². The van der Waals surface area contributed by atoms with Gasteiger partial charge in [0, 0.05) is 11.8 Å². The third kappa shape index (κ3) is 5.71. The minimum atomic E-state index is -2.90. The number of alkyl halides is 2. The summed E-state index contributed by atoms with van der Waals surface area (Å²) < 4.78 is 28.4. The summed E-state index contributed by atoms with van der Waals surface area (Å²) >= 11 is 0. The number of halogens is 3. The Balaban J connectivity index is 0.00000361. The Labute approximate surface area is 123 Å². The second-order valence-electron chi connectivity index (χ2n) is 4.31. The molecular formula is C13H19ClF2N2O2. The Hall–Kier alpha value is -1.40. The largest absolute Gasteiger partial charge is 0.435 e. The third-order valence-corrected chi connectivity index (χ3v) is 2.89. The van der Waals surface area contributed by atoms with Gasteiger partial charge in [0.05, 0.1) is 6.04 Å². The fraction of sp³-hybridized carbons (Fsp3) is 0.462. The van der Waals surface area contributed by atoms with Crippen LogP contribution >= 0.6 is 12.4 Å². The van der Waals surface area contributed by atoms with E-state index in [1.165, 1.54) is 18.2 Å². The SMILES string of the molecule is CCC(C)C(N)C(=O)Nc1cccc(OC(F)F)c1.Cl. The second-order valence-corrected chi connectivity index (χ2v) is 4.31. The Morgan fingerprint density at radius 3 is 2.65 bits per heavy atom. The minimum absolute atomic E-state index is 0. The van der Waals surface area contributed by atoms with Gasteiger partial charge in [-0.3, -0.25) is 4.79 Å². The summed E-state index contributed by atoms with van der Waals surface area (Å²) in [7, 11) is 0. The van der Waals surface area contributed by atoms with Crippen molar-refractivity contribution in [3.05, 3.63) is 24.3 Å². The smallest absolute Gasteiger partial charge is 0.387 e. The number of hydrogen-bond donors (Lipinski definition) is 2. The average Bonchev–Trinajstić information content (AvgIpc) is 2.36. The van der Waals surface area contributed by atoms with E-state index in [0.717, 1.165) is 6.42 Å². The summed E-state index contributed by atoms with van der Waals surface area (Å²) in [5.41, 5.74) is 6.15. The maximum Gasteiger partial charge on any atom is 0.387 e. The molecule has 0 saturated carbocycles. The van der Waals surface area contributed by atoms with Crippen LogP contribution in [0.25, 0.3) is 0 Å².